The molecular weight excluding hydrogens is 150 g/mol. The van der Waals surface area contributed by atoms with Gasteiger partial charge in [0.05, 0.1) is 0 Å². The van der Waals surface area contributed by atoms with Crippen molar-refractivity contribution in [2.24, 2.45) is 0 Å². The molecule has 0 fully saturated rings. The predicted octanol–water partition coefficient (Wildman–Crippen LogP) is 2.69. The Morgan fingerprint density at radius 2 is 1.83 bits per heavy atom. The lowest BCUT2D eigenvalue weighted by Gasteiger charge is -1.98. The first kappa shape index (κ1) is 10.4. The smallest absolute Gasteiger partial charge is 0.221 e. The molecule has 0 aliphatic carbocycles. The molecular formula is C10H15NO. The molecule has 1 aromatic rings. The van der Waals surface area contributed by atoms with E-state index in [1.165, 1.54) is 6.92 Å². The fraction of sp³-hybridized carbons (Fsp3) is 0.100. The maximum absolute atomic E-state index is 10.5. The summed E-state index contributed by atoms with van der Waals surface area (Å²) in [5.74, 6) is -0.0359. The van der Waals surface area contributed by atoms with Gasteiger partial charge in [0.15, 0.2) is 0 Å². The molecule has 0 aliphatic rings. The Morgan fingerprint density at radius 1 is 1.33 bits per heavy atom. The van der Waals surface area contributed by atoms with Crippen LogP contribution in [0, 0.1) is 0 Å². The summed E-state index contributed by atoms with van der Waals surface area (Å²) < 4.78 is 0. The number of para-hydroxylation sites is 1. The van der Waals surface area contributed by atoms with E-state index >= 15 is 0 Å². The van der Waals surface area contributed by atoms with Crippen molar-refractivity contribution < 1.29 is 6.22 Å². The van der Waals surface area contributed by atoms with Crippen LogP contribution in [0.3, 0.4) is 0 Å². The van der Waals surface area contributed by atoms with Crippen molar-refractivity contribution >= 4 is 11.6 Å². The third-order valence-corrected chi connectivity index (χ3v) is 1.09. The number of carbonyl (C=O) groups excluding carboxylic acids is 1. The zero-order chi connectivity index (χ0) is 9.40. The molecule has 0 unspecified atom stereocenters. The molecule has 0 aromatic heterocycles. The summed E-state index contributed by atoms with van der Waals surface area (Å²) in [7, 11) is 0. The van der Waals surface area contributed by atoms with E-state index in [0.717, 1.165) is 5.69 Å². The number of benzene rings is 1. The van der Waals surface area contributed by atoms with Gasteiger partial charge in [-0.1, -0.05) is 18.2 Å². The number of rotatable bonds is 1. The van der Waals surface area contributed by atoms with Crippen LogP contribution in [0.1, 0.15) is 8.35 Å². The first-order chi connectivity index (χ1) is 5.79. The van der Waals surface area contributed by atoms with Gasteiger partial charge in [-0.3, -0.25) is 4.79 Å². The second kappa shape index (κ2) is 6.16. The topological polar surface area (TPSA) is 29.1 Å². The van der Waals surface area contributed by atoms with E-state index in [-0.39, 0.29) is 7.33 Å². The van der Waals surface area contributed by atoms with E-state index in [9.17, 15) is 4.79 Å². The van der Waals surface area contributed by atoms with Gasteiger partial charge in [-0.15, -0.1) is 13.2 Å². The molecule has 0 atom stereocenters. The number of carbonyl (C=O) groups is 1. The van der Waals surface area contributed by atoms with E-state index in [2.05, 4.69) is 18.5 Å². The Labute approximate surface area is 74.4 Å². The highest BCUT2D eigenvalue weighted by Crippen LogP contribution is 2.03. The summed E-state index contributed by atoms with van der Waals surface area (Å²) in [5.41, 5.74) is 0.843. The van der Waals surface area contributed by atoms with Crippen LogP contribution in [-0.4, -0.2) is 5.91 Å². The average molecular weight is 165 g/mol. The van der Waals surface area contributed by atoms with Crippen molar-refractivity contribution in [1.82, 2.24) is 0 Å². The fourth-order valence-electron chi connectivity index (χ4n) is 0.725. The molecule has 2 nitrogen and oxygen atoms in total. The quantitative estimate of drug-likeness (QED) is 0.637. The van der Waals surface area contributed by atoms with E-state index < -0.39 is 0 Å². The van der Waals surface area contributed by atoms with Gasteiger partial charge in [-0.25, -0.2) is 0 Å². The molecule has 0 aliphatic heterocycles. The average Bonchev–Trinajstić information content (AvgIpc) is 2.08. The molecule has 0 spiro atoms. The Hall–Kier alpha value is -1.57. The van der Waals surface area contributed by atoms with E-state index in [1.54, 1.807) is 0 Å². The van der Waals surface area contributed by atoms with E-state index in [1.807, 2.05) is 30.3 Å². The lowest BCUT2D eigenvalue weighted by molar-refractivity contribution is -0.114. The molecule has 2 heteroatoms. The molecule has 12 heavy (non-hydrogen) atoms. The standard InChI is InChI=1S/C8H9NO.C2H4.H2/c1-7(10)9-8-5-3-2-4-6-8;1-2;/h2-6H,1H3,(H,9,10);1-2H2;1H. The lowest BCUT2D eigenvalue weighted by atomic mass is 10.3. The first-order valence-corrected chi connectivity index (χ1v) is 3.61. The highest BCUT2D eigenvalue weighted by molar-refractivity contribution is 5.88. The predicted molar refractivity (Wildman–Crippen MR) is 54.1 cm³/mol. The molecule has 1 aromatic carbocycles. The van der Waals surface area contributed by atoms with Crippen molar-refractivity contribution in [3.05, 3.63) is 43.5 Å². The zero-order valence-corrected chi connectivity index (χ0v) is 7.21. The summed E-state index contributed by atoms with van der Waals surface area (Å²) in [5, 5.41) is 2.67. The Morgan fingerprint density at radius 3 is 2.25 bits per heavy atom. The van der Waals surface area contributed by atoms with Gasteiger partial charge in [-0.05, 0) is 12.1 Å². The number of hydrogen-bond acceptors (Lipinski definition) is 1. The van der Waals surface area contributed by atoms with Gasteiger partial charge in [0.2, 0.25) is 5.91 Å². The highest BCUT2D eigenvalue weighted by atomic mass is 16.1. The van der Waals surface area contributed by atoms with Crippen molar-refractivity contribution in [2.45, 2.75) is 6.92 Å². The van der Waals surface area contributed by atoms with Crippen molar-refractivity contribution in [3.63, 3.8) is 0 Å². The number of anilines is 1. The van der Waals surface area contributed by atoms with Crippen LogP contribution in [0.5, 0.6) is 0 Å². The van der Waals surface area contributed by atoms with Crippen LogP contribution < -0.4 is 5.32 Å². The van der Waals surface area contributed by atoms with Crippen LogP contribution in [0.25, 0.3) is 0 Å². The molecule has 0 radical (unpaired) electrons. The van der Waals surface area contributed by atoms with E-state index in [4.69, 9.17) is 0 Å². The Kier molecular flexibility index (Phi) is 5.35. The molecule has 0 bridgehead atoms. The normalized spacial score (nSPS) is 7.75. The molecule has 0 saturated heterocycles. The Balaban J connectivity index is 0. The van der Waals surface area contributed by atoms with Crippen LogP contribution in [0.15, 0.2) is 43.5 Å². The Bertz CT molecular complexity index is 236. The van der Waals surface area contributed by atoms with Gasteiger partial charge in [0, 0.05) is 14.0 Å². The largest absolute Gasteiger partial charge is 0.326 e. The lowest BCUT2D eigenvalue weighted by Crippen LogP contribution is -2.04. The van der Waals surface area contributed by atoms with Gasteiger partial charge in [0.1, 0.15) is 0 Å². The SMILES string of the molecule is C=C.CC(=O)Nc1ccccc1.[HH]. The summed E-state index contributed by atoms with van der Waals surface area (Å²) in [4.78, 5) is 10.5. The second-order valence-electron chi connectivity index (χ2n) is 2.05. The molecule has 1 N–H and O–H groups in total. The maximum atomic E-state index is 10.5. The maximum Gasteiger partial charge on any atom is 0.221 e. The minimum absolute atomic E-state index is 0. The van der Waals surface area contributed by atoms with Crippen molar-refractivity contribution in [2.75, 3.05) is 5.32 Å². The molecule has 0 saturated carbocycles. The minimum Gasteiger partial charge on any atom is -0.326 e. The second-order valence-corrected chi connectivity index (χ2v) is 2.05. The summed E-state index contributed by atoms with van der Waals surface area (Å²) >= 11 is 0. The van der Waals surface area contributed by atoms with Crippen LogP contribution in [-0.2, 0) is 4.79 Å². The number of amides is 1. The minimum atomic E-state index is -0.0359. The van der Waals surface area contributed by atoms with E-state index in [0.29, 0.717) is 0 Å². The third kappa shape index (κ3) is 4.28. The first-order valence-electron chi connectivity index (χ1n) is 3.61. The van der Waals surface area contributed by atoms with Crippen LogP contribution >= 0.6 is 0 Å². The van der Waals surface area contributed by atoms with Gasteiger partial charge in [0.25, 0.3) is 0 Å². The molecule has 66 valence electrons. The van der Waals surface area contributed by atoms with Crippen molar-refractivity contribution in [1.29, 1.82) is 0 Å². The zero-order valence-electron chi connectivity index (χ0n) is 7.21. The van der Waals surface area contributed by atoms with Gasteiger partial charge >= 0.3 is 0 Å². The van der Waals surface area contributed by atoms with Crippen LogP contribution in [0.4, 0.5) is 5.69 Å². The number of hydrogen-bond donors (Lipinski definition) is 1. The number of nitrogens with one attached hydrogen (secondary N) is 1. The third-order valence-electron chi connectivity index (χ3n) is 1.09. The van der Waals surface area contributed by atoms with Crippen molar-refractivity contribution in [3.8, 4) is 0 Å². The summed E-state index contributed by atoms with van der Waals surface area (Å²) in [6.07, 6.45) is 0. The fourth-order valence-corrected chi connectivity index (χ4v) is 0.725. The molecule has 1 rings (SSSR count). The molecule has 1 amide bonds. The molecule has 0 heterocycles. The monoisotopic (exact) mass is 165 g/mol. The van der Waals surface area contributed by atoms with Gasteiger partial charge in [-0.2, -0.15) is 0 Å². The summed E-state index contributed by atoms with van der Waals surface area (Å²) in [6, 6.07) is 9.37. The highest BCUT2D eigenvalue weighted by Gasteiger charge is 1.90. The van der Waals surface area contributed by atoms with Gasteiger partial charge < -0.3 is 5.32 Å². The summed E-state index contributed by atoms with van der Waals surface area (Å²) in [6.45, 7) is 7.49. The van der Waals surface area contributed by atoms with Crippen LogP contribution in [0.2, 0.25) is 0 Å².